The van der Waals surface area contributed by atoms with E-state index in [1.165, 1.54) is 18.2 Å². The molecule has 0 aliphatic rings. The van der Waals surface area contributed by atoms with Crippen LogP contribution in [0, 0.1) is 10.1 Å². The summed E-state index contributed by atoms with van der Waals surface area (Å²) in [5.74, 6) is -0.0552. The van der Waals surface area contributed by atoms with Crippen molar-refractivity contribution in [1.82, 2.24) is 5.32 Å². The predicted molar refractivity (Wildman–Crippen MR) is 94.3 cm³/mol. The Kier molecular flexibility index (Phi) is 5.59. The summed E-state index contributed by atoms with van der Waals surface area (Å²) in [6.07, 6.45) is 0. The highest BCUT2D eigenvalue weighted by atomic mass is 35.5. The Morgan fingerprint density at radius 1 is 1.22 bits per heavy atom. The fourth-order valence-corrected chi connectivity index (χ4v) is 2.24. The highest BCUT2D eigenvalue weighted by Gasteiger charge is 2.10. The van der Waals surface area contributed by atoms with E-state index >= 15 is 0 Å². The molecule has 0 radical (unpaired) electrons. The molecule has 0 saturated carbocycles. The molecule has 120 valence electrons. The zero-order valence-electron chi connectivity index (χ0n) is 11.5. The van der Waals surface area contributed by atoms with E-state index in [0.717, 1.165) is 0 Å². The molecule has 0 amide bonds. The van der Waals surface area contributed by atoms with Crippen molar-refractivity contribution in [3.8, 4) is 5.75 Å². The van der Waals surface area contributed by atoms with Crippen molar-refractivity contribution in [1.29, 1.82) is 0 Å². The molecule has 9 heteroatoms. The smallest absolute Gasteiger partial charge is 0.270 e. The Morgan fingerprint density at radius 2 is 1.96 bits per heavy atom. The van der Waals surface area contributed by atoms with Gasteiger partial charge in [-0.1, -0.05) is 23.2 Å². The molecule has 0 bridgehead atoms. The van der Waals surface area contributed by atoms with Gasteiger partial charge in [0, 0.05) is 29.9 Å². The van der Waals surface area contributed by atoms with Crippen LogP contribution in [0.2, 0.25) is 10.0 Å². The minimum atomic E-state index is -0.533. The molecule has 2 aromatic carbocycles. The van der Waals surface area contributed by atoms with E-state index in [4.69, 9.17) is 35.4 Å². The number of nitrogens with one attached hydrogen (secondary N) is 2. The first-order valence-corrected chi connectivity index (χ1v) is 7.49. The number of halogens is 2. The number of aromatic hydroxyl groups is 1. The topological polar surface area (TPSA) is 87.4 Å². The molecule has 0 unspecified atom stereocenters. The van der Waals surface area contributed by atoms with Crippen LogP contribution in [0.1, 0.15) is 5.56 Å². The molecule has 23 heavy (non-hydrogen) atoms. The summed E-state index contributed by atoms with van der Waals surface area (Å²) in [6.45, 7) is 0.126. The second kappa shape index (κ2) is 7.45. The maximum Gasteiger partial charge on any atom is 0.270 e. The second-order valence-corrected chi connectivity index (χ2v) is 5.73. The zero-order valence-corrected chi connectivity index (χ0v) is 13.9. The Bertz CT molecular complexity index is 771. The third kappa shape index (κ3) is 4.69. The Labute approximate surface area is 147 Å². The SMILES string of the molecule is O=[N+]([O-])c1ccc(O)c(CNC(=S)Nc2ccc(Cl)c(Cl)c2)c1. The fraction of sp³-hybridized carbons (Fsp3) is 0.0714. The van der Waals surface area contributed by atoms with Crippen LogP contribution in [0.3, 0.4) is 0 Å². The number of phenols is 1. The zero-order chi connectivity index (χ0) is 17.0. The van der Waals surface area contributed by atoms with Crippen molar-refractivity contribution >= 4 is 51.9 Å². The van der Waals surface area contributed by atoms with Gasteiger partial charge in [0.2, 0.25) is 0 Å². The number of nitro groups is 1. The first-order chi connectivity index (χ1) is 10.9. The highest BCUT2D eigenvalue weighted by molar-refractivity contribution is 7.80. The lowest BCUT2D eigenvalue weighted by molar-refractivity contribution is -0.384. The molecule has 2 rings (SSSR count). The van der Waals surface area contributed by atoms with E-state index in [2.05, 4.69) is 10.6 Å². The van der Waals surface area contributed by atoms with Crippen molar-refractivity contribution < 1.29 is 10.0 Å². The Hall–Kier alpha value is -2.09. The Balaban J connectivity index is 2.00. The molecule has 0 heterocycles. The van der Waals surface area contributed by atoms with Crippen molar-refractivity contribution in [2.75, 3.05) is 5.32 Å². The third-order valence-corrected chi connectivity index (χ3v) is 3.88. The monoisotopic (exact) mass is 371 g/mol. The van der Waals surface area contributed by atoms with Crippen molar-refractivity contribution in [2.45, 2.75) is 6.54 Å². The van der Waals surface area contributed by atoms with E-state index in [1.807, 2.05) is 0 Å². The van der Waals surface area contributed by atoms with Crippen LogP contribution in [0.15, 0.2) is 36.4 Å². The lowest BCUT2D eigenvalue weighted by Crippen LogP contribution is -2.27. The van der Waals surface area contributed by atoms with Crippen molar-refractivity contribution in [3.63, 3.8) is 0 Å². The molecule has 0 spiro atoms. The number of rotatable bonds is 4. The number of benzene rings is 2. The number of nitrogens with zero attached hydrogens (tertiary/aromatic N) is 1. The lowest BCUT2D eigenvalue weighted by atomic mass is 10.2. The molecule has 0 fully saturated rings. The summed E-state index contributed by atoms with van der Waals surface area (Å²) in [6, 6.07) is 8.72. The average molecular weight is 372 g/mol. The number of hydrogen-bond acceptors (Lipinski definition) is 4. The van der Waals surface area contributed by atoms with Gasteiger partial charge in [0.1, 0.15) is 5.75 Å². The van der Waals surface area contributed by atoms with Gasteiger partial charge in [-0.15, -0.1) is 0 Å². The van der Waals surface area contributed by atoms with Gasteiger partial charge in [-0.3, -0.25) is 10.1 Å². The molecule has 0 aliphatic carbocycles. The number of nitro benzene ring substituents is 1. The van der Waals surface area contributed by atoms with Gasteiger partial charge in [-0.2, -0.15) is 0 Å². The quantitative estimate of drug-likeness (QED) is 0.426. The van der Waals surface area contributed by atoms with Crippen LogP contribution < -0.4 is 10.6 Å². The van der Waals surface area contributed by atoms with E-state index in [-0.39, 0.29) is 23.1 Å². The first-order valence-electron chi connectivity index (χ1n) is 6.33. The first kappa shape index (κ1) is 17.3. The molecule has 0 aliphatic heterocycles. The molecular formula is C14H11Cl2N3O3S. The lowest BCUT2D eigenvalue weighted by Gasteiger charge is -2.12. The minimum Gasteiger partial charge on any atom is -0.508 e. The van der Waals surface area contributed by atoms with E-state index in [1.54, 1.807) is 18.2 Å². The van der Waals surface area contributed by atoms with Gasteiger partial charge in [0.05, 0.1) is 15.0 Å². The van der Waals surface area contributed by atoms with E-state index in [9.17, 15) is 15.2 Å². The van der Waals surface area contributed by atoms with Crippen LogP contribution in [-0.2, 0) is 6.54 Å². The maximum absolute atomic E-state index is 10.7. The van der Waals surface area contributed by atoms with Crippen molar-refractivity contribution in [2.24, 2.45) is 0 Å². The fourth-order valence-electron chi connectivity index (χ4n) is 1.75. The minimum absolute atomic E-state index is 0.0552. The van der Waals surface area contributed by atoms with Gasteiger partial charge in [-0.25, -0.2) is 0 Å². The number of phenolic OH excluding ortho intramolecular Hbond substituents is 1. The average Bonchev–Trinajstić information content (AvgIpc) is 2.50. The third-order valence-electron chi connectivity index (χ3n) is 2.89. The summed E-state index contributed by atoms with van der Waals surface area (Å²) < 4.78 is 0. The van der Waals surface area contributed by atoms with Crippen LogP contribution in [0.4, 0.5) is 11.4 Å². The van der Waals surface area contributed by atoms with Crippen molar-refractivity contribution in [3.05, 3.63) is 62.1 Å². The number of hydrogen-bond donors (Lipinski definition) is 3. The summed E-state index contributed by atoms with van der Waals surface area (Å²) in [5, 5.41) is 27.3. The van der Waals surface area contributed by atoms with Crippen LogP contribution in [-0.4, -0.2) is 15.1 Å². The van der Waals surface area contributed by atoms with Crippen LogP contribution >= 0.6 is 35.4 Å². The van der Waals surface area contributed by atoms with Gasteiger partial charge in [0.15, 0.2) is 5.11 Å². The molecule has 0 saturated heterocycles. The van der Waals surface area contributed by atoms with Gasteiger partial charge >= 0.3 is 0 Å². The molecule has 0 aromatic heterocycles. The molecule has 6 nitrogen and oxygen atoms in total. The van der Waals surface area contributed by atoms with Crippen LogP contribution in [0.5, 0.6) is 5.75 Å². The number of thiocarbonyl (C=S) groups is 1. The summed E-state index contributed by atoms with van der Waals surface area (Å²) in [7, 11) is 0. The second-order valence-electron chi connectivity index (χ2n) is 4.51. The normalized spacial score (nSPS) is 10.2. The van der Waals surface area contributed by atoms with Gasteiger partial charge in [-0.05, 0) is 36.5 Å². The predicted octanol–water partition coefficient (Wildman–Crippen LogP) is 4.09. The van der Waals surface area contributed by atoms with E-state index in [0.29, 0.717) is 21.3 Å². The maximum atomic E-state index is 10.7. The highest BCUT2D eigenvalue weighted by Crippen LogP contribution is 2.25. The van der Waals surface area contributed by atoms with E-state index < -0.39 is 4.92 Å². The molecule has 2 aromatic rings. The standard InChI is InChI=1S/C14H11Cl2N3O3S/c15-11-3-1-9(6-12(11)16)18-14(23)17-7-8-5-10(19(21)22)2-4-13(8)20/h1-6,20H,7H2,(H2,17,18,23). The number of anilines is 1. The summed E-state index contributed by atoms with van der Waals surface area (Å²) in [4.78, 5) is 10.2. The molecule has 0 atom stereocenters. The number of non-ortho nitro benzene ring substituents is 1. The summed E-state index contributed by atoms with van der Waals surface area (Å²) >= 11 is 16.9. The van der Waals surface area contributed by atoms with Gasteiger partial charge < -0.3 is 15.7 Å². The van der Waals surface area contributed by atoms with Crippen LogP contribution in [0.25, 0.3) is 0 Å². The summed E-state index contributed by atoms with van der Waals surface area (Å²) in [5.41, 5.74) is 0.889. The van der Waals surface area contributed by atoms with Gasteiger partial charge in [0.25, 0.3) is 5.69 Å². The Morgan fingerprint density at radius 3 is 2.61 bits per heavy atom. The molecule has 3 N–H and O–H groups in total. The molecular weight excluding hydrogens is 361 g/mol. The largest absolute Gasteiger partial charge is 0.508 e.